The summed E-state index contributed by atoms with van der Waals surface area (Å²) in [5, 5.41) is 2.73. The SMILES string of the molecule is CC(=O)OC1C[C@H](n2ccc(=O)[nH]c2=O)O[C@@H]1CN=O. The number of H-pyrrole nitrogens is 1. The van der Waals surface area contributed by atoms with Crippen molar-refractivity contribution in [1.82, 2.24) is 9.55 Å². The van der Waals surface area contributed by atoms with Crippen LogP contribution in [0.3, 0.4) is 0 Å². The Kier molecular flexibility index (Phi) is 4.08. The first kappa shape index (κ1) is 14.1. The number of esters is 1. The Hall–Kier alpha value is -2.29. The van der Waals surface area contributed by atoms with E-state index in [0.29, 0.717) is 0 Å². The van der Waals surface area contributed by atoms with E-state index in [1.54, 1.807) is 0 Å². The monoisotopic (exact) mass is 283 g/mol. The summed E-state index contributed by atoms with van der Waals surface area (Å²) in [7, 11) is 0. The maximum atomic E-state index is 11.7. The Bertz CT molecular complexity index is 621. The van der Waals surface area contributed by atoms with Gasteiger partial charge in [-0.15, -0.1) is 0 Å². The minimum atomic E-state index is -0.726. The molecule has 9 heteroatoms. The summed E-state index contributed by atoms with van der Waals surface area (Å²) in [4.78, 5) is 46.1. The van der Waals surface area contributed by atoms with Crippen molar-refractivity contribution in [2.45, 2.75) is 31.8 Å². The van der Waals surface area contributed by atoms with Gasteiger partial charge in [-0.25, -0.2) is 4.79 Å². The van der Waals surface area contributed by atoms with Gasteiger partial charge in [0.05, 0.1) is 0 Å². The van der Waals surface area contributed by atoms with Gasteiger partial charge in [0.15, 0.2) is 0 Å². The number of carbonyl (C=O) groups excluding carboxylic acids is 1. The van der Waals surface area contributed by atoms with Crippen LogP contribution in [0.2, 0.25) is 0 Å². The second-order valence-electron chi connectivity index (χ2n) is 4.34. The minimum Gasteiger partial charge on any atom is -0.460 e. The smallest absolute Gasteiger partial charge is 0.330 e. The molecule has 1 unspecified atom stereocenters. The maximum Gasteiger partial charge on any atom is 0.330 e. The van der Waals surface area contributed by atoms with Crippen LogP contribution in [-0.2, 0) is 14.3 Å². The van der Waals surface area contributed by atoms with E-state index in [2.05, 4.69) is 10.2 Å². The number of ether oxygens (including phenoxy) is 2. The summed E-state index contributed by atoms with van der Waals surface area (Å²) >= 11 is 0. The van der Waals surface area contributed by atoms with Crippen LogP contribution in [0.4, 0.5) is 0 Å². The second-order valence-corrected chi connectivity index (χ2v) is 4.34. The molecule has 1 aliphatic rings. The molecule has 0 aromatic carbocycles. The molecule has 0 spiro atoms. The molecule has 0 bridgehead atoms. The number of hydrogen-bond donors (Lipinski definition) is 1. The number of nitrogens with one attached hydrogen (secondary N) is 1. The molecular formula is C11H13N3O6. The van der Waals surface area contributed by atoms with Crippen molar-refractivity contribution in [3.63, 3.8) is 0 Å². The average molecular weight is 283 g/mol. The molecule has 2 rings (SSSR count). The highest BCUT2D eigenvalue weighted by Crippen LogP contribution is 2.30. The fraction of sp³-hybridized carbons (Fsp3) is 0.545. The molecule has 1 aromatic rings. The second kappa shape index (κ2) is 5.78. The molecule has 0 radical (unpaired) electrons. The molecule has 0 aliphatic carbocycles. The first-order valence-corrected chi connectivity index (χ1v) is 5.94. The van der Waals surface area contributed by atoms with Crippen LogP contribution in [0.25, 0.3) is 0 Å². The zero-order valence-corrected chi connectivity index (χ0v) is 10.6. The van der Waals surface area contributed by atoms with Gasteiger partial charge in [0.2, 0.25) is 0 Å². The van der Waals surface area contributed by atoms with Gasteiger partial charge >= 0.3 is 11.7 Å². The highest BCUT2D eigenvalue weighted by molar-refractivity contribution is 5.66. The molecule has 1 fully saturated rings. The van der Waals surface area contributed by atoms with E-state index in [4.69, 9.17) is 9.47 Å². The quantitative estimate of drug-likeness (QED) is 0.588. The van der Waals surface area contributed by atoms with E-state index in [9.17, 15) is 19.3 Å². The molecular weight excluding hydrogens is 270 g/mol. The maximum absolute atomic E-state index is 11.7. The first-order valence-electron chi connectivity index (χ1n) is 5.94. The number of aromatic nitrogens is 2. The Morgan fingerprint density at radius 1 is 1.60 bits per heavy atom. The number of rotatable bonds is 4. The van der Waals surface area contributed by atoms with Gasteiger partial charge in [-0.3, -0.25) is 19.1 Å². The van der Waals surface area contributed by atoms with E-state index in [-0.39, 0.29) is 13.0 Å². The van der Waals surface area contributed by atoms with Crippen molar-refractivity contribution in [3.8, 4) is 0 Å². The van der Waals surface area contributed by atoms with Crippen molar-refractivity contribution in [1.29, 1.82) is 0 Å². The molecule has 1 N–H and O–H groups in total. The molecule has 1 aromatic heterocycles. The summed E-state index contributed by atoms with van der Waals surface area (Å²) in [5.41, 5.74) is -1.16. The molecule has 0 amide bonds. The predicted molar refractivity (Wildman–Crippen MR) is 66.1 cm³/mol. The van der Waals surface area contributed by atoms with Crippen molar-refractivity contribution >= 4 is 5.97 Å². The van der Waals surface area contributed by atoms with Gasteiger partial charge in [0.1, 0.15) is 25.0 Å². The topological polar surface area (TPSA) is 120 Å². The third kappa shape index (κ3) is 2.99. The Labute approximate surface area is 112 Å². The van der Waals surface area contributed by atoms with E-state index >= 15 is 0 Å². The van der Waals surface area contributed by atoms with Gasteiger partial charge in [-0.2, -0.15) is 4.91 Å². The molecule has 3 atom stereocenters. The molecule has 20 heavy (non-hydrogen) atoms. The third-order valence-electron chi connectivity index (χ3n) is 2.91. The number of nitroso groups, excluding NO2 is 1. The largest absolute Gasteiger partial charge is 0.460 e. The minimum absolute atomic E-state index is 0.188. The standard InChI is InChI=1S/C11H13N3O6/c1-6(15)19-7-4-10(20-8(7)5-12-18)14-3-2-9(16)13-11(14)17/h2-3,7-8,10H,4-5H2,1H3,(H,13,16,17)/t7?,8-,10-/m1/s1. The third-order valence-corrected chi connectivity index (χ3v) is 2.91. The molecule has 9 nitrogen and oxygen atoms in total. The van der Waals surface area contributed by atoms with E-state index < -0.39 is 35.7 Å². The first-order chi connectivity index (χ1) is 9.51. The van der Waals surface area contributed by atoms with Crippen LogP contribution in [0.1, 0.15) is 19.6 Å². The fourth-order valence-corrected chi connectivity index (χ4v) is 2.10. The van der Waals surface area contributed by atoms with Gasteiger partial charge in [-0.05, 0) is 0 Å². The van der Waals surface area contributed by atoms with Crippen LogP contribution in [0, 0.1) is 4.91 Å². The van der Waals surface area contributed by atoms with Crippen LogP contribution >= 0.6 is 0 Å². The number of aromatic amines is 1. The van der Waals surface area contributed by atoms with Gasteiger partial charge < -0.3 is 9.47 Å². The lowest BCUT2D eigenvalue weighted by molar-refractivity contribution is -0.148. The van der Waals surface area contributed by atoms with Crippen molar-refractivity contribution in [2.24, 2.45) is 5.18 Å². The molecule has 1 saturated heterocycles. The summed E-state index contributed by atoms with van der Waals surface area (Å²) in [6.07, 6.45) is -0.608. The molecule has 2 heterocycles. The van der Waals surface area contributed by atoms with Gasteiger partial charge in [-0.1, -0.05) is 5.18 Å². The van der Waals surface area contributed by atoms with Gasteiger partial charge in [0.25, 0.3) is 5.56 Å². The van der Waals surface area contributed by atoms with E-state index in [1.807, 2.05) is 0 Å². The van der Waals surface area contributed by atoms with E-state index in [1.165, 1.54) is 23.8 Å². The molecule has 1 aliphatic heterocycles. The highest BCUT2D eigenvalue weighted by atomic mass is 16.6. The van der Waals surface area contributed by atoms with Crippen molar-refractivity contribution in [3.05, 3.63) is 38.0 Å². The zero-order chi connectivity index (χ0) is 14.7. The van der Waals surface area contributed by atoms with Gasteiger partial charge in [0, 0.05) is 25.6 Å². The summed E-state index contributed by atoms with van der Waals surface area (Å²) < 4.78 is 11.7. The Morgan fingerprint density at radius 2 is 2.35 bits per heavy atom. The van der Waals surface area contributed by atoms with Crippen LogP contribution < -0.4 is 11.2 Å². The summed E-state index contributed by atoms with van der Waals surface area (Å²) in [6.45, 7) is 1.05. The highest BCUT2D eigenvalue weighted by Gasteiger charge is 2.39. The Balaban J connectivity index is 2.22. The molecule has 108 valence electrons. The lowest BCUT2D eigenvalue weighted by Crippen LogP contribution is -2.31. The lowest BCUT2D eigenvalue weighted by Gasteiger charge is -2.14. The van der Waals surface area contributed by atoms with E-state index in [0.717, 1.165) is 0 Å². The number of nitrogens with zero attached hydrogens (tertiary/aromatic N) is 2. The van der Waals surface area contributed by atoms with Crippen molar-refractivity contribution < 1.29 is 14.3 Å². The number of hydrogen-bond acceptors (Lipinski definition) is 7. The van der Waals surface area contributed by atoms with Crippen LogP contribution in [0.5, 0.6) is 0 Å². The lowest BCUT2D eigenvalue weighted by atomic mass is 10.2. The fourth-order valence-electron chi connectivity index (χ4n) is 2.10. The van der Waals surface area contributed by atoms with Crippen LogP contribution in [0.15, 0.2) is 27.0 Å². The summed E-state index contributed by atoms with van der Waals surface area (Å²) in [5.74, 6) is -0.510. The van der Waals surface area contributed by atoms with Crippen LogP contribution in [-0.4, -0.2) is 34.3 Å². The molecule has 0 saturated carbocycles. The Morgan fingerprint density at radius 3 is 2.95 bits per heavy atom. The summed E-state index contributed by atoms with van der Waals surface area (Å²) in [6, 6.07) is 1.18. The van der Waals surface area contributed by atoms with Crippen molar-refractivity contribution in [2.75, 3.05) is 6.54 Å². The average Bonchev–Trinajstić information content (AvgIpc) is 2.72. The zero-order valence-electron chi connectivity index (χ0n) is 10.6. The normalized spacial score (nSPS) is 25.4. The number of carbonyl (C=O) groups is 1. The predicted octanol–water partition coefficient (Wildman–Crippen LogP) is -0.478.